The first-order valence-electron chi connectivity index (χ1n) is 12.9. The molecule has 2 N–H and O–H groups in total. The fourth-order valence-corrected chi connectivity index (χ4v) is 5.22. The zero-order valence-electron chi connectivity index (χ0n) is 21.3. The summed E-state index contributed by atoms with van der Waals surface area (Å²) in [5.74, 6) is -0.390. The predicted molar refractivity (Wildman–Crippen MR) is 156 cm³/mol. The van der Waals surface area contributed by atoms with E-state index in [-0.39, 0.29) is 22.1 Å². The number of H-pyrrole nitrogens is 1. The number of fused-ring (bicyclic) bond motifs is 1. The van der Waals surface area contributed by atoms with Gasteiger partial charge in [-0.05, 0) is 73.2 Å². The maximum Gasteiger partial charge on any atom is 0.262 e. The lowest BCUT2D eigenvalue weighted by molar-refractivity contribution is 0.0951. The third-order valence-corrected chi connectivity index (χ3v) is 7.57. The second-order valence-corrected chi connectivity index (χ2v) is 10.4. The van der Waals surface area contributed by atoms with Gasteiger partial charge in [-0.25, -0.2) is 4.39 Å². The van der Waals surface area contributed by atoms with E-state index in [1.807, 2.05) is 24.3 Å². The van der Waals surface area contributed by atoms with Crippen LogP contribution in [0, 0.1) is 10.6 Å². The zero-order chi connectivity index (χ0) is 27.4. The molecule has 0 aliphatic carbocycles. The van der Waals surface area contributed by atoms with Crippen LogP contribution in [0.25, 0.3) is 10.9 Å². The summed E-state index contributed by atoms with van der Waals surface area (Å²) in [6.45, 7) is 4.94. The summed E-state index contributed by atoms with van der Waals surface area (Å²) in [6.07, 6.45) is 0.802. The van der Waals surface area contributed by atoms with Crippen molar-refractivity contribution in [3.63, 3.8) is 0 Å². The van der Waals surface area contributed by atoms with Gasteiger partial charge in [0, 0.05) is 43.3 Å². The number of nitrogens with zero attached hydrogens (tertiary/aromatic N) is 3. The first-order valence-corrected chi connectivity index (χ1v) is 13.7. The van der Waals surface area contributed by atoms with Crippen LogP contribution in [0.4, 0.5) is 10.1 Å². The summed E-state index contributed by atoms with van der Waals surface area (Å²) in [7, 11) is 0. The van der Waals surface area contributed by atoms with Crippen LogP contribution in [0.5, 0.6) is 0 Å². The standard InChI is InChI=1S/C29H29ClFN5O2S/c30-22-9-6-20(7-10-22)19-36-28(38)23-11-8-21(18-25(23)33-29(36)39)27(37)32-12-3-13-34-14-16-35(17-15-34)26-5-2-1-4-24(26)31/h1-2,4-11,18H,3,12-17,19H2,(H,32,37)(H,33,39). The monoisotopic (exact) mass is 565 g/mol. The average Bonchev–Trinajstić information content (AvgIpc) is 2.94. The molecule has 1 aromatic heterocycles. The van der Waals surface area contributed by atoms with Crippen LogP contribution >= 0.6 is 23.8 Å². The van der Waals surface area contributed by atoms with E-state index in [1.165, 1.54) is 10.6 Å². The van der Waals surface area contributed by atoms with Gasteiger partial charge in [-0.1, -0.05) is 35.9 Å². The van der Waals surface area contributed by atoms with Gasteiger partial charge in [-0.15, -0.1) is 0 Å². The highest BCUT2D eigenvalue weighted by atomic mass is 35.5. The van der Waals surface area contributed by atoms with Gasteiger partial charge in [0.05, 0.1) is 23.1 Å². The van der Waals surface area contributed by atoms with Crippen molar-refractivity contribution in [2.45, 2.75) is 13.0 Å². The summed E-state index contributed by atoms with van der Waals surface area (Å²) < 4.78 is 15.8. The molecule has 10 heteroatoms. The summed E-state index contributed by atoms with van der Waals surface area (Å²) in [5, 5.41) is 4.05. The van der Waals surface area contributed by atoms with Gasteiger partial charge in [0.15, 0.2) is 4.77 Å². The lowest BCUT2D eigenvalue weighted by Gasteiger charge is -2.36. The van der Waals surface area contributed by atoms with E-state index in [9.17, 15) is 14.0 Å². The number of aromatic amines is 1. The first kappa shape index (κ1) is 27.1. The minimum absolute atomic E-state index is 0.188. The second kappa shape index (κ2) is 12.1. The fraction of sp³-hybridized carbons (Fsp3) is 0.276. The topological polar surface area (TPSA) is 73.4 Å². The van der Waals surface area contributed by atoms with Crippen LogP contribution in [0.2, 0.25) is 5.02 Å². The summed E-state index contributed by atoms with van der Waals surface area (Å²) in [5.41, 5.74) is 2.33. The Balaban J connectivity index is 1.14. The number of hydrogen-bond acceptors (Lipinski definition) is 5. The molecule has 1 saturated heterocycles. The molecule has 1 amide bonds. The molecule has 1 fully saturated rings. The number of aromatic nitrogens is 2. The summed E-state index contributed by atoms with van der Waals surface area (Å²) in [4.78, 5) is 33.4. The normalized spacial score (nSPS) is 14.1. The lowest BCUT2D eigenvalue weighted by atomic mass is 10.1. The smallest absolute Gasteiger partial charge is 0.262 e. The first-order chi connectivity index (χ1) is 18.9. The van der Waals surface area contributed by atoms with E-state index < -0.39 is 0 Å². The maximum absolute atomic E-state index is 14.0. The molecule has 3 aromatic carbocycles. The van der Waals surface area contributed by atoms with Gasteiger partial charge < -0.3 is 15.2 Å². The van der Waals surface area contributed by atoms with Gasteiger partial charge in [0.25, 0.3) is 11.5 Å². The molecular weight excluding hydrogens is 537 g/mol. The van der Waals surface area contributed by atoms with Crippen LogP contribution in [0.15, 0.2) is 71.5 Å². The molecule has 2 heterocycles. The van der Waals surface area contributed by atoms with Crippen molar-refractivity contribution < 1.29 is 9.18 Å². The molecule has 0 bridgehead atoms. The van der Waals surface area contributed by atoms with Crippen LogP contribution in [0.1, 0.15) is 22.3 Å². The Labute approximate surface area is 235 Å². The van der Waals surface area contributed by atoms with Gasteiger partial charge in [0.1, 0.15) is 5.82 Å². The second-order valence-electron chi connectivity index (χ2n) is 9.60. The molecule has 0 radical (unpaired) electrons. The van der Waals surface area contributed by atoms with Crippen LogP contribution in [-0.4, -0.2) is 59.6 Å². The Kier molecular flexibility index (Phi) is 8.40. The summed E-state index contributed by atoms with van der Waals surface area (Å²) in [6, 6.07) is 19.1. The van der Waals surface area contributed by atoms with E-state index in [0.717, 1.165) is 44.7 Å². The van der Waals surface area contributed by atoms with Gasteiger partial charge in [0.2, 0.25) is 0 Å². The van der Waals surface area contributed by atoms with Crippen molar-refractivity contribution >= 4 is 46.3 Å². The van der Waals surface area contributed by atoms with Crippen LogP contribution in [-0.2, 0) is 6.54 Å². The molecule has 5 rings (SSSR count). The number of piperazine rings is 1. The Morgan fingerprint density at radius 3 is 2.51 bits per heavy atom. The molecule has 39 heavy (non-hydrogen) atoms. The SMILES string of the molecule is O=C(NCCCN1CCN(c2ccccc2F)CC1)c1ccc2c(=O)n(Cc3ccc(Cl)cc3)c(=S)[nH]c2c1. The fourth-order valence-electron chi connectivity index (χ4n) is 4.84. The van der Waals surface area contributed by atoms with E-state index in [4.69, 9.17) is 23.8 Å². The molecule has 0 spiro atoms. The number of hydrogen-bond donors (Lipinski definition) is 2. The molecule has 0 saturated carbocycles. The molecule has 4 aromatic rings. The number of amides is 1. The van der Waals surface area contributed by atoms with Crippen molar-refractivity contribution in [3.8, 4) is 0 Å². The zero-order valence-corrected chi connectivity index (χ0v) is 22.9. The molecule has 0 unspecified atom stereocenters. The highest BCUT2D eigenvalue weighted by Crippen LogP contribution is 2.20. The van der Waals surface area contributed by atoms with E-state index in [1.54, 1.807) is 36.4 Å². The number of rotatable bonds is 8. The third-order valence-electron chi connectivity index (χ3n) is 7.00. The van der Waals surface area contributed by atoms with Crippen molar-refractivity contribution in [3.05, 3.63) is 104 Å². The summed E-state index contributed by atoms with van der Waals surface area (Å²) >= 11 is 11.4. The average molecular weight is 566 g/mol. The molecule has 1 aliphatic heterocycles. The quantitative estimate of drug-likeness (QED) is 0.236. The van der Waals surface area contributed by atoms with Crippen LogP contribution < -0.4 is 15.8 Å². The molecular formula is C29H29ClFN5O2S. The van der Waals surface area contributed by atoms with Gasteiger partial charge >= 0.3 is 0 Å². The number of anilines is 1. The number of benzene rings is 3. The van der Waals surface area contributed by atoms with E-state index >= 15 is 0 Å². The van der Waals surface area contributed by atoms with Crippen molar-refractivity contribution in [2.24, 2.45) is 0 Å². The largest absolute Gasteiger partial charge is 0.367 e. The highest BCUT2D eigenvalue weighted by molar-refractivity contribution is 7.71. The minimum atomic E-state index is -0.217. The molecule has 7 nitrogen and oxygen atoms in total. The van der Waals surface area contributed by atoms with Crippen molar-refractivity contribution in [1.29, 1.82) is 0 Å². The van der Waals surface area contributed by atoms with Crippen molar-refractivity contribution in [1.82, 2.24) is 19.8 Å². The lowest BCUT2D eigenvalue weighted by Crippen LogP contribution is -2.47. The minimum Gasteiger partial charge on any atom is -0.367 e. The Morgan fingerprint density at radius 1 is 1.03 bits per heavy atom. The Morgan fingerprint density at radius 2 is 1.77 bits per heavy atom. The predicted octanol–water partition coefficient (Wildman–Crippen LogP) is 4.84. The number of carbonyl (C=O) groups excluding carboxylic acids is 1. The third kappa shape index (κ3) is 6.38. The molecule has 0 atom stereocenters. The Bertz CT molecular complexity index is 1600. The number of carbonyl (C=O) groups is 1. The molecule has 1 aliphatic rings. The highest BCUT2D eigenvalue weighted by Gasteiger charge is 2.19. The maximum atomic E-state index is 14.0. The van der Waals surface area contributed by atoms with Crippen molar-refractivity contribution in [2.75, 3.05) is 44.2 Å². The molecule has 202 valence electrons. The van der Waals surface area contributed by atoms with E-state index in [2.05, 4.69) is 20.1 Å². The van der Waals surface area contributed by atoms with Crippen LogP contribution in [0.3, 0.4) is 0 Å². The van der Waals surface area contributed by atoms with Gasteiger partial charge in [-0.2, -0.15) is 0 Å². The number of nitrogens with one attached hydrogen (secondary N) is 2. The van der Waals surface area contributed by atoms with E-state index in [0.29, 0.717) is 40.3 Å². The van der Waals surface area contributed by atoms with Gasteiger partial charge in [-0.3, -0.25) is 19.1 Å². The number of para-hydroxylation sites is 1. The Hall–Kier alpha value is -3.53. The number of halogens is 2.